The Hall–Kier alpha value is -0.390. The van der Waals surface area contributed by atoms with Crippen LogP contribution < -0.4 is 10.2 Å². The Bertz CT molecular complexity index is 426. The molecule has 0 aliphatic carbocycles. The van der Waals surface area contributed by atoms with Gasteiger partial charge in [-0.1, -0.05) is 16.9 Å². The molecule has 3 heterocycles. The Morgan fingerprint density at radius 1 is 1.50 bits per heavy atom. The number of nitrogens with one attached hydrogen (secondary N) is 1. The van der Waals surface area contributed by atoms with Crippen LogP contribution in [0.1, 0.15) is 24.3 Å². The lowest BCUT2D eigenvalue weighted by Gasteiger charge is -2.25. The first-order chi connectivity index (χ1) is 8.79. The Labute approximate surface area is 118 Å². The van der Waals surface area contributed by atoms with Crippen molar-refractivity contribution in [1.29, 1.82) is 0 Å². The summed E-state index contributed by atoms with van der Waals surface area (Å²) < 4.78 is 0. The lowest BCUT2D eigenvalue weighted by atomic mass is 10.1. The lowest BCUT2D eigenvalue weighted by Crippen LogP contribution is -2.34. The van der Waals surface area contributed by atoms with E-state index in [9.17, 15) is 0 Å². The summed E-state index contributed by atoms with van der Waals surface area (Å²) >= 11 is 4.28. The molecule has 98 valence electrons. The third-order valence-electron chi connectivity index (χ3n) is 4.07. The van der Waals surface area contributed by atoms with Crippen molar-refractivity contribution in [2.75, 3.05) is 24.5 Å². The fraction of sp³-hybridized carbons (Fsp3) is 0.615. The summed E-state index contributed by atoms with van der Waals surface area (Å²) in [6.07, 6.45) is 1.29. The van der Waals surface area contributed by atoms with Crippen molar-refractivity contribution in [2.45, 2.75) is 24.6 Å². The summed E-state index contributed by atoms with van der Waals surface area (Å²) in [5.74, 6) is 1.95. The molecule has 5 heteroatoms. The normalized spacial score (nSPS) is 28.4. The molecule has 0 radical (unpaired) electrons. The summed E-state index contributed by atoms with van der Waals surface area (Å²) in [4.78, 5) is 7.29. The van der Waals surface area contributed by atoms with Gasteiger partial charge in [-0.15, -0.1) is 11.7 Å². The van der Waals surface area contributed by atoms with Gasteiger partial charge in [-0.05, 0) is 31.4 Å². The SMILES string of the molecule is CC(SS)c1cccc(N2CC[C@H]3CNC[C@H]32)n1. The second-order valence-corrected chi connectivity index (χ2v) is 6.69. The van der Waals surface area contributed by atoms with Crippen LogP contribution in [-0.2, 0) is 0 Å². The average Bonchev–Trinajstić information content (AvgIpc) is 3.00. The molecule has 0 bridgehead atoms. The van der Waals surface area contributed by atoms with Gasteiger partial charge in [0.25, 0.3) is 0 Å². The molecule has 1 N–H and O–H groups in total. The number of thiol groups is 1. The molecule has 0 saturated carbocycles. The summed E-state index contributed by atoms with van der Waals surface area (Å²) in [5, 5.41) is 3.83. The highest BCUT2D eigenvalue weighted by Crippen LogP contribution is 2.33. The standard InChI is InChI=1S/C13H19N3S2/c1-9(18-17)11-3-2-4-13(15-11)16-6-5-10-7-14-8-12(10)16/h2-4,9-10,12,14,17H,5-8H2,1H3/t9?,10-,12+/m0/s1. The molecule has 0 amide bonds. The highest BCUT2D eigenvalue weighted by molar-refractivity contribution is 8.68. The van der Waals surface area contributed by atoms with Crippen LogP contribution in [0, 0.1) is 5.92 Å². The first-order valence-corrected chi connectivity index (χ1v) is 8.47. The van der Waals surface area contributed by atoms with Crippen LogP contribution in [0.3, 0.4) is 0 Å². The molecular formula is C13H19N3S2. The second kappa shape index (κ2) is 5.31. The van der Waals surface area contributed by atoms with Crippen molar-refractivity contribution in [1.82, 2.24) is 10.3 Å². The molecule has 3 rings (SSSR count). The molecule has 1 aromatic rings. The highest BCUT2D eigenvalue weighted by atomic mass is 33.1. The number of anilines is 1. The smallest absolute Gasteiger partial charge is 0.129 e. The minimum absolute atomic E-state index is 0.341. The van der Waals surface area contributed by atoms with E-state index in [1.54, 1.807) is 10.8 Å². The molecule has 1 aromatic heterocycles. The maximum atomic E-state index is 4.81. The van der Waals surface area contributed by atoms with E-state index < -0.39 is 0 Å². The van der Waals surface area contributed by atoms with Crippen molar-refractivity contribution < 1.29 is 0 Å². The van der Waals surface area contributed by atoms with Gasteiger partial charge in [-0.3, -0.25) is 0 Å². The van der Waals surface area contributed by atoms with Crippen LogP contribution in [0.15, 0.2) is 18.2 Å². The van der Waals surface area contributed by atoms with Crippen molar-refractivity contribution >= 4 is 28.3 Å². The second-order valence-electron chi connectivity index (χ2n) is 5.14. The quantitative estimate of drug-likeness (QED) is 0.658. The third kappa shape index (κ3) is 2.24. The Morgan fingerprint density at radius 2 is 2.39 bits per heavy atom. The zero-order valence-corrected chi connectivity index (χ0v) is 12.3. The van der Waals surface area contributed by atoms with E-state index in [1.165, 1.54) is 13.0 Å². The third-order valence-corrected chi connectivity index (χ3v) is 5.58. The number of aromatic nitrogens is 1. The maximum Gasteiger partial charge on any atom is 0.129 e. The van der Waals surface area contributed by atoms with Crippen LogP contribution in [-0.4, -0.2) is 30.7 Å². The lowest BCUT2D eigenvalue weighted by molar-refractivity contribution is 0.577. The van der Waals surface area contributed by atoms with Crippen molar-refractivity contribution in [3.8, 4) is 0 Å². The molecule has 2 aliphatic rings. The van der Waals surface area contributed by atoms with Crippen LogP contribution in [0.2, 0.25) is 0 Å². The predicted octanol–water partition coefficient (Wildman–Crippen LogP) is 2.52. The van der Waals surface area contributed by atoms with E-state index in [1.807, 2.05) is 0 Å². The van der Waals surface area contributed by atoms with E-state index in [0.717, 1.165) is 30.5 Å². The number of fused-ring (bicyclic) bond motifs is 1. The number of rotatable bonds is 3. The van der Waals surface area contributed by atoms with Crippen LogP contribution in [0.4, 0.5) is 5.82 Å². The average molecular weight is 281 g/mol. The van der Waals surface area contributed by atoms with Gasteiger partial charge in [0.15, 0.2) is 0 Å². The fourth-order valence-electron chi connectivity index (χ4n) is 3.01. The monoisotopic (exact) mass is 281 g/mol. The Balaban J connectivity index is 1.83. The van der Waals surface area contributed by atoms with Crippen molar-refractivity contribution in [3.05, 3.63) is 23.9 Å². The summed E-state index contributed by atoms with van der Waals surface area (Å²) in [6.45, 7) is 5.57. The fourth-order valence-corrected chi connectivity index (χ4v) is 3.58. The zero-order valence-electron chi connectivity index (χ0n) is 10.5. The Morgan fingerprint density at radius 3 is 3.22 bits per heavy atom. The molecule has 2 saturated heterocycles. The predicted molar refractivity (Wildman–Crippen MR) is 81.3 cm³/mol. The number of hydrogen-bond acceptors (Lipinski definition) is 5. The molecule has 0 spiro atoms. The maximum absolute atomic E-state index is 4.81. The minimum Gasteiger partial charge on any atom is -0.352 e. The topological polar surface area (TPSA) is 28.2 Å². The van der Waals surface area contributed by atoms with Gasteiger partial charge in [0.2, 0.25) is 0 Å². The molecule has 3 atom stereocenters. The first-order valence-electron chi connectivity index (χ1n) is 6.54. The van der Waals surface area contributed by atoms with Crippen LogP contribution in [0.25, 0.3) is 0 Å². The Kier molecular flexibility index (Phi) is 3.73. The highest BCUT2D eigenvalue weighted by Gasteiger charge is 2.38. The molecule has 0 aromatic carbocycles. The zero-order chi connectivity index (χ0) is 12.5. The molecule has 2 aliphatic heterocycles. The van der Waals surface area contributed by atoms with Gasteiger partial charge in [0, 0.05) is 25.7 Å². The molecule has 18 heavy (non-hydrogen) atoms. The van der Waals surface area contributed by atoms with Crippen LogP contribution in [0.5, 0.6) is 0 Å². The first kappa shape index (κ1) is 12.6. The van der Waals surface area contributed by atoms with E-state index in [0.29, 0.717) is 11.3 Å². The van der Waals surface area contributed by atoms with Gasteiger partial charge in [-0.2, -0.15) is 0 Å². The minimum atomic E-state index is 0.341. The van der Waals surface area contributed by atoms with Gasteiger partial charge in [0.1, 0.15) is 5.82 Å². The molecule has 2 fully saturated rings. The number of nitrogens with zero attached hydrogens (tertiary/aromatic N) is 2. The van der Waals surface area contributed by atoms with Crippen molar-refractivity contribution in [2.24, 2.45) is 5.92 Å². The van der Waals surface area contributed by atoms with E-state index >= 15 is 0 Å². The summed E-state index contributed by atoms with van der Waals surface area (Å²) in [7, 11) is 1.55. The van der Waals surface area contributed by atoms with E-state index in [4.69, 9.17) is 4.98 Å². The van der Waals surface area contributed by atoms with Gasteiger partial charge in [0.05, 0.1) is 10.9 Å². The van der Waals surface area contributed by atoms with Gasteiger partial charge < -0.3 is 10.2 Å². The molecule has 3 nitrogen and oxygen atoms in total. The number of pyridine rings is 1. The van der Waals surface area contributed by atoms with Crippen LogP contribution >= 0.6 is 22.5 Å². The summed E-state index contributed by atoms with van der Waals surface area (Å²) in [5.41, 5.74) is 1.13. The van der Waals surface area contributed by atoms with E-state index in [-0.39, 0.29) is 0 Å². The van der Waals surface area contributed by atoms with Crippen molar-refractivity contribution in [3.63, 3.8) is 0 Å². The molecular weight excluding hydrogens is 262 g/mol. The van der Waals surface area contributed by atoms with Gasteiger partial charge >= 0.3 is 0 Å². The molecule has 1 unspecified atom stereocenters. The number of hydrogen-bond donors (Lipinski definition) is 2. The van der Waals surface area contributed by atoms with E-state index in [2.05, 4.69) is 47.0 Å². The van der Waals surface area contributed by atoms with Gasteiger partial charge in [-0.25, -0.2) is 4.98 Å². The summed E-state index contributed by atoms with van der Waals surface area (Å²) in [6, 6.07) is 7.00. The largest absolute Gasteiger partial charge is 0.352 e.